The number of nitrogens with one attached hydrogen (secondary N) is 1. The predicted molar refractivity (Wildman–Crippen MR) is 101 cm³/mol. The zero-order chi connectivity index (χ0) is 15.4. The average Bonchev–Trinajstić information content (AvgIpc) is 2.52. The second kappa shape index (κ2) is 9.79. The van der Waals surface area contributed by atoms with Crippen LogP contribution in [0.5, 0.6) is 0 Å². The van der Waals surface area contributed by atoms with Crippen LogP contribution in [0.3, 0.4) is 0 Å². The lowest BCUT2D eigenvalue weighted by Crippen LogP contribution is -2.35. The van der Waals surface area contributed by atoms with E-state index in [0.29, 0.717) is 12.0 Å². The van der Waals surface area contributed by atoms with Gasteiger partial charge in [-0.25, -0.2) is 9.97 Å². The van der Waals surface area contributed by atoms with Gasteiger partial charge in [0.1, 0.15) is 12.1 Å². The summed E-state index contributed by atoms with van der Waals surface area (Å²) in [6.45, 7) is 0.0581. The van der Waals surface area contributed by atoms with Crippen LogP contribution in [0.4, 0.5) is 5.82 Å². The molecule has 4 N–H and O–H groups in total. The highest BCUT2D eigenvalue weighted by atomic mass is 35.5. The molecular formula is C17H24Cl2N4O. The Kier molecular flexibility index (Phi) is 8.42. The van der Waals surface area contributed by atoms with E-state index in [1.807, 2.05) is 24.3 Å². The van der Waals surface area contributed by atoms with Gasteiger partial charge in [0.2, 0.25) is 0 Å². The molecular weight excluding hydrogens is 347 g/mol. The van der Waals surface area contributed by atoms with Gasteiger partial charge >= 0.3 is 0 Å². The molecule has 1 fully saturated rings. The number of aliphatic hydroxyl groups is 1. The number of hydrogen-bond donors (Lipinski definition) is 3. The lowest BCUT2D eigenvalue weighted by molar-refractivity contribution is 0.273. The van der Waals surface area contributed by atoms with E-state index in [-0.39, 0.29) is 37.5 Å². The molecule has 0 saturated heterocycles. The molecule has 0 aliphatic heterocycles. The maximum absolute atomic E-state index is 9.60. The van der Waals surface area contributed by atoms with Gasteiger partial charge in [-0.1, -0.05) is 30.3 Å². The molecule has 3 rings (SSSR count). The van der Waals surface area contributed by atoms with E-state index in [1.54, 1.807) is 6.33 Å². The maximum atomic E-state index is 9.60. The molecule has 1 atom stereocenters. The second-order valence-electron chi connectivity index (χ2n) is 5.97. The topological polar surface area (TPSA) is 84.1 Å². The molecule has 0 spiro atoms. The van der Waals surface area contributed by atoms with Gasteiger partial charge in [0.05, 0.1) is 12.6 Å². The van der Waals surface area contributed by atoms with Crippen LogP contribution in [0.25, 0.3) is 0 Å². The first-order chi connectivity index (χ1) is 10.7. The summed E-state index contributed by atoms with van der Waals surface area (Å²) in [4.78, 5) is 8.61. The van der Waals surface area contributed by atoms with Gasteiger partial charge in [-0.05, 0) is 24.8 Å². The highest BCUT2D eigenvalue weighted by Gasteiger charge is 2.28. The van der Waals surface area contributed by atoms with Crippen molar-refractivity contribution in [3.63, 3.8) is 0 Å². The van der Waals surface area contributed by atoms with Crippen LogP contribution in [-0.4, -0.2) is 33.8 Å². The largest absolute Gasteiger partial charge is 0.394 e. The summed E-state index contributed by atoms with van der Waals surface area (Å²) in [5.41, 5.74) is 8.07. The quantitative estimate of drug-likeness (QED) is 0.727. The van der Waals surface area contributed by atoms with Crippen LogP contribution in [0.2, 0.25) is 0 Å². The Morgan fingerprint density at radius 2 is 1.88 bits per heavy atom. The summed E-state index contributed by atoms with van der Waals surface area (Å²) in [6.07, 6.45) is 4.32. The van der Waals surface area contributed by atoms with Crippen molar-refractivity contribution in [2.45, 2.75) is 37.3 Å². The molecule has 1 aliphatic carbocycles. The first kappa shape index (κ1) is 20.6. The van der Waals surface area contributed by atoms with E-state index in [0.717, 1.165) is 30.8 Å². The van der Waals surface area contributed by atoms with Gasteiger partial charge in [0, 0.05) is 23.7 Å². The van der Waals surface area contributed by atoms with Crippen LogP contribution >= 0.6 is 24.8 Å². The van der Waals surface area contributed by atoms with Gasteiger partial charge < -0.3 is 16.2 Å². The van der Waals surface area contributed by atoms with Crippen LogP contribution in [0.1, 0.15) is 30.0 Å². The molecule has 5 nitrogen and oxygen atoms in total. The number of benzene rings is 1. The van der Waals surface area contributed by atoms with E-state index >= 15 is 0 Å². The number of halogens is 2. The number of nitrogens with zero attached hydrogens (tertiary/aromatic N) is 2. The zero-order valence-corrected chi connectivity index (χ0v) is 15.0. The molecule has 0 radical (unpaired) electrons. The lowest BCUT2D eigenvalue weighted by Gasteiger charge is -2.32. The summed E-state index contributed by atoms with van der Waals surface area (Å²) in [7, 11) is 0. The summed E-state index contributed by atoms with van der Waals surface area (Å²) < 4.78 is 0. The van der Waals surface area contributed by atoms with Crippen LogP contribution in [0, 0.1) is 0 Å². The van der Waals surface area contributed by atoms with Gasteiger partial charge in [-0.3, -0.25) is 0 Å². The lowest BCUT2D eigenvalue weighted by atomic mass is 9.78. The maximum Gasteiger partial charge on any atom is 0.129 e. The summed E-state index contributed by atoms with van der Waals surface area (Å²) in [6, 6.07) is 12.3. The minimum atomic E-state index is -0.0613. The molecule has 1 heterocycles. The van der Waals surface area contributed by atoms with Crippen molar-refractivity contribution in [3.05, 3.63) is 54.0 Å². The molecule has 1 saturated carbocycles. The third-order valence-electron chi connectivity index (χ3n) is 4.18. The fourth-order valence-corrected chi connectivity index (χ4v) is 2.85. The van der Waals surface area contributed by atoms with Gasteiger partial charge in [0.15, 0.2) is 0 Å². The number of anilines is 1. The number of aliphatic hydroxyl groups excluding tert-OH is 1. The van der Waals surface area contributed by atoms with Crippen molar-refractivity contribution < 1.29 is 5.11 Å². The summed E-state index contributed by atoms with van der Waals surface area (Å²) >= 11 is 0. The summed E-state index contributed by atoms with van der Waals surface area (Å²) in [5, 5.41) is 12.9. The van der Waals surface area contributed by atoms with Crippen molar-refractivity contribution >= 4 is 30.6 Å². The van der Waals surface area contributed by atoms with Crippen LogP contribution < -0.4 is 11.1 Å². The normalized spacial score (nSPS) is 20.1. The van der Waals surface area contributed by atoms with Gasteiger partial charge in [-0.2, -0.15) is 0 Å². The Morgan fingerprint density at radius 1 is 1.17 bits per heavy atom. The van der Waals surface area contributed by atoms with Gasteiger partial charge in [-0.15, -0.1) is 24.8 Å². The molecule has 1 aliphatic rings. The third-order valence-corrected chi connectivity index (χ3v) is 4.18. The van der Waals surface area contributed by atoms with E-state index in [9.17, 15) is 5.11 Å². The molecule has 7 heteroatoms. The second-order valence-corrected chi connectivity index (χ2v) is 5.97. The van der Waals surface area contributed by atoms with Crippen LogP contribution in [-0.2, 0) is 6.42 Å². The SMILES string of the molecule is Cl.Cl.NC1CC(c2cc(N[C@H](CO)Cc3ccccc3)ncn2)C1. The monoisotopic (exact) mass is 370 g/mol. The molecule has 1 aromatic carbocycles. The van der Waals surface area contributed by atoms with E-state index in [1.165, 1.54) is 5.56 Å². The average molecular weight is 371 g/mol. The molecule has 1 aromatic heterocycles. The minimum absolute atomic E-state index is 0. The van der Waals surface area contributed by atoms with E-state index < -0.39 is 0 Å². The Hall–Kier alpha value is -1.40. The molecule has 0 amide bonds. The molecule has 132 valence electrons. The highest BCUT2D eigenvalue weighted by molar-refractivity contribution is 5.85. The van der Waals surface area contributed by atoms with Crippen molar-refractivity contribution in [1.82, 2.24) is 9.97 Å². The van der Waals surface area contributed by atoms with Crippen molar-refractivity contribution in [1.29, 1.82) is 0 Å². The van der Waals surface area contributed by atoms with Crippen molar-refractivity contribution in [3.8, 4) is 0 Å². The molecule has 0 unspecified atom stereocenters. The Bertz CT molecular complexity index is 609. The Balaban J connectivity index is 0.00000144. The molecule has 24 heavy (non-hydrogen) atoms. The van der Waals surface area contributed by atoms with Gasteiger partial charge in [0.25, 0.3) is 0 Å². The number of nitrogens with two attached hydrogens (primary N) is 1. The third kappa shape index (κ3) is 5.31. The molecule has 2 aromatic rings. The summed E-state index contributed by atoms with van der Waals surface area (Å²) in [5.74, 6) is 1.21. The smallest absolute Gasteiger partial charge is 0.129 e. The van der Waals surface area contributed by atoms with Crippen molar-refractivity contribution in [2.75, 3.05) is 11.9 Å². The van der Waals surface area contributed by atoms with Crippen LogP contribution in [0.15, 0.2) is 42.7 Å². The Morgan fingerprint density at radius 3 is 2.50 bits per heavy atom. The Labute approximate surface area is 154 Å². The first-order valence-electron chi connectivity index (χ1n) is 7.73. The van der Waals surface area contributed by atoms with Crippen molar-refractivity contribution in [2.24, 2.45) is 5.73 Å². The fourth-order valence-electron chi connectivity index (χ4n) is 2.85. The standard InChI is InChI=1S/C17H22N4O.2ClH/c18-14-7-13(8-14)16-9-17(20-11-19-16)21-15(10-22)6-12-4-2-1-3-5-12;;/h1-5,9,11,13-15,22H,6-8,10,18H2,(H,19,20,21);2*1H/t13?,14?,15-;;/m0../s1. The molecule has 0 bridgehead atoms. The first-order valence-corrected chi connectivity index (χ1v) is 7.73. The fraction of sp³-hybridized carbons (Fsp3) is 0.412. The van der Waals surface area contributed by atoms with E-state index in [4.69, 9.17) is 5.73 Å². The minimum Gasteiger partial charge on any atom is -0.394 e. The number of aromatic nitrogens is 2. The predicted octanol–water partition coefficient (Wildman–Crippen LogP) is 2.54. The zero-order valence-electron chi connectivity index (χ0n) is 13.3. The number of rotatable bonds is 6. The number of hydrogen-bond acceptors (Lipinski definition) is 5. The van der Waals surface area contributed by atoms with E-state index in [2.05, 4.69) is 27.4 Å². The highest BCUT2D eigenvalue weighted by Crippen LogP contribution is 2.34.